The molecule has 0 saturated carbocycles. The van der Waals surface area contributed by atoms with Gasteiger partial charge in [0.2, 0.25) is 0 Å². The van der Waals surface area contributed by atoms with Crippen molar-refractivity contribution in [1.82, 2.24) is 0 Å². The van der Waals surface area contributed by atoms with E-state index in [0.29, 0.717) is 0 Å². The summed E-state index contributed by atoms with van der Waals surface area (Å²) in [5.74, 6) is 0. The van der Waals surface area contributed by atoms with Gasteiger partial charge in [-0.3, -0.25) is 0 Å². The normalized spacial score (nSPS) is 13.8. The Kier molecular flexibility index (Phi) is 4.02. The molecular formula is C30H22. The maximum Gasteiger partial charge on any atom is -0.00262 e. The molecule has 0 N–H and O–H groups in total. The molecule has 0 aromatic heterocycles. The van der Waals surface area contributed by atoms with E-state index in [1.54, 1.807) is 0 Å². The second kappa shape index (κ2) is 7.00. The molecule has 0 aliphatic heterocycles. The fourth-order valence-electron chi connectivity index (χ4n) is 4.89. The quantitative estimate of drug-likeness (QED) is 0.268. The minimum Gasteiger partial charge on any atom is -0.0836 e. The molecule has 0 heteroatoms. The molecule has 1 aliphatic carbocycles. The zero-order valence-corrected chi connectivity index (χ0v) is 16.8. The van der Waals surface area contributed by atoms with Gasteiger partial charge in [-0.2, -0.15) is 0 Å². The van der Waals surface area contributed by atoms with E-state index in [0.717, 1.165) is 12.8 Å². The summed E-state index contributed by atoms with van der Waals surface area (Å²) in [6.45, 7) is 0. The van der Waals surface area contributed by atoms with Crippen molar-refractivity contribution in [2.75, 3.05) is 0 Å². The first kappa shape index (κ1) is 17.2. The lowest BCUT2D eigenvalue weighted by atomic mass is 9.84. The number of allylic oxidation sites excluding steroid dienone is 4. The van der Waals surface area contributed by atoms with E-state index in [9.17, 15) is 0 Å². The van der Waals surface area contributed by atoms with Crippen LogP contribution in [0.25, 0.3) is 49.0 Å². The number of benzene rings is 5. The van der Waals surface area contributed by atoms with Crippen molar-refractivity contribution in [2.24, 2.45) is 0 Å². The van der Waals surface area contributed by atoms with Gasteiger partial charge in [0.1, 0.15) is 0 Å². The van der Waals surface area contributed by atoms with Crippen LogP contribution < -0.4 is 0 Å². The highest BCUT2D eigenvalue weighted by Crippen LogP contribution is 2.43. The van der Waals surface area contributed by atoms with Crippen LogP contribution in [0.15, 0.2) is 109 Å². The average molecular weight is 383 g/mol. The highest BCUT2D eigenvalue weighted by molar-refractivity contribution is 6.19. The Morgan fingerprint density at radius 1 is 0.500 bits per heavy atom. The molecule has 0 bridgehead atoms. The van der Waals surface area contributed by atoms with Crippen molar-refractivity contribution in [1.29, 1.82) is 0 Å². The van der Waals surface area contributed by atoms with Gasteiger partial charge in [-0.1, -0.05) is 103 Å². The molecular weight excluding hydrogens is 360 g/mol. The molecule has 0 spiro atoms. The Morgan fingerprint density at radius 2 is 1.10 bits per heavy atom. The van der Waals surface area contributed by atoms with Gasteiger partial charge in [-0.15, -0.1) is 0 Å². The molecule has 5 aromatic rings. The largest absolute Gasteiger partial charge is 0.0836 e. The Labute approximate surface area is 176 Å². The summed E-state index contributed by atoms with van der Waals surface area (Å²) >= 11 is 0. The smallest absolute Gasteiger partial charge is 0.00262 e. The molecule has 6 rings (SSSR count). The Bertz CT molecular complexity index is 1420. The first-order chi connectivity index (χ1) is 14.9. The average Bonchev–Trinajstić information content (AvgIpc) is 2.82. The molecule has 0 radical (unpaired) electrons. The predicted molar refractivity (Wildman–Crippen MR) is 131 cm³/mol. The second-order valence-electron chi connectivity index (χ2n) is 8.04. The van der Waals surface area contributed by atoms with Crippen molar-refractivity contribution in [2.45, 2.75) is 12.8 Å². The lowest BCUT2D eigenvalue weighted by Crippen LogP contribution is -1.94. The van der Waals surface area contributed by atoms with E-state index >= 15 is 0 Å². The van der Waals surface area contributed by atoms with Gasteiger partial charge in [0, 0.05) is 0 Å². The lowest BCUT2D eigenvalue weighted by Gasteiger charge is -2.19. The molecule has 0 unspecified atom stereocenters. The van der Waals surface area contributed by atoms with Gasteiger partial charge in [0.05, 0.1) is 0 Å². The van der Waals surface area contributed by atoms with Crippen LogP contribution in [-0.4, -0.2) is 0 Å². The molecule has 5 aromatic carbocycles. The predicted octanol–water partition coefficient (Wildman–Crippen LogP) is 8.55. The summed E-state index contributed by atoms with van der Waals surface area (Å²) in [7, 11) is 0. The van der Waals surface area contributed by atoms with E-state index in [2.05, 4.69) is 109 Å². The maximum atomic E-state index is 2.39. The van der Waals surface area contributed by atoms with Crippen LogP contribution in [0.3, 0.4) is 0 Å². The fourth-order valence-corrected chi connectivity index (χ4v) is 4.89. The topological polar surface area (TPSA) is 0 Å². The summed E-state index contributed by atoms with van der Waals surface area (Å²) in [6, 6.07) is 33.2. The highest BCUT2D eigenvalue weighted by atomic mass is 14.2. The van der Waals surface area contributed by atoms with Crippen LogP contribution >= 0.6 is 0 Å². The Morgan fingerprint density at radius 3 is 1.73 bits per heavy atom. The highest BCUT2D eigenvalue weighted by Gasteiger charge is 2.17. The first-order valence-electron chi connectivity index (χ1n) is 10.7. The Hall–Kier alpha value is -3.64. The van der Waals surface area contributed by atoms with E-state index in [4.69, 9.17) is 0 Å². The Balaban J connectivity index is 1.76. The van der Waals surface area contributed by atoms with Crippen LogP contribution in [-0.2, 0) is 0 Å². The number of fused-ring (bicyclic) bond motifs is 3. The number of hydrogen-bond acceptors (Lipinski definition) is 0. The molecule has 0 amide bonds. The molecule has 1 aliphatic rings. The van der Waals surface area contributed by atoms with Crippen molar-refractivity contribution in [3.63, 3.8) is 0 Å². The van der Waals surface area contributed by atoms with E-state index < -0.39 is 0 Å². The van der Waals surface area contributed by atoms with Gasteiger partial charge in [-0.05, 0) is 73.5 Å². The van der Waals surface area contributed by atoms with Crippen molar-refractivity contribution >= 4 is 37.9 Å². The minimum atomic E-state index is 1.11. The van der Waals surface area contributed by atoms with E-state index in [1.165, 1.54) is 54.6 Å². The van der Waals surface area contributed by atoms with Gasteiger partial charge in [-0.25, -0.2) is 0 Å². The third-order valence-corrected chi connectivity index (χ3v) is 6.25. The second-order valence-corrected chi connectivity index (χ2v) is 8.04. The standard InChI is InChI=1S/C30H22/c1-2-11-22(12-3-1)29-25-14-6-8-16-27(25)30(28-17-9-7-15-26(28)29)24-19-18-21-10-4-5-13-23(21)20-24/h2,4-20H,1,3H2. The summed E-state index contributed by atoms with van der Waals surface area (Å²) in [4.78, 5) is 0. The van der Waals surface area contributed by atoms with Crippen molar-refractivity contribution in [3.8, 4) is 11.1 Å². The molecule has 0 nitrogen and oxygen atoms in total. The molecule has 0 heterocycles. The van der Waals surface area contributed by atoms with Crippen LogP contribution in [0.5, 0.6) is 0 Å². The lowest BCUT2D eigenvalue weighted by molar-refractivity contribution is 1.04. The van der Waals surface area contributed by atoms with E-state index in [-0.39, 0.29) is 0 Å². The summed E-state index contributed by atoms with van der Waals surface area (Å²) < 4.78 is 0. The van der Waals surface area contributed by atoms with Crippen LogP contribution in [0.4, 0.5) is 0 Å². The molecule has 0 saturated heterocycles. The number of hydrogen-bond donors (Lipinski definition) is 0. The van der Waals surface area contributed by atoms with Crippen LogP contribution in [0.1, 0.15) is 18.4 Å². The zero-order valence-electron chi connectivity index (χ0n) is 16.8. The van der Waals surface area contributed by atoms with Gasteiger partial charge in [0.25, 0.3) is 0 Å². The summed E-state index contributed by atoms with van der Waals surface area (Å²) in [5.41, 5.74) is 5.32. The van der Waals surface area contributed by atoms with Crippen molar-refractivity contribution in [3.05, 3.63) is 115 Å². The van der Waals surface area contributed by atoms with Gasteiger partial charge in [0.15, 0.2) is 0 Å². The minimum absolute atomic E-state index is 1.11. The maximum absolute atomic E-state index is 2.39. The fraction of sp³-hybridized carbons (Fsp3) is 0.0667. The van der Waals surface area contributed by atoms with Crippen molar-refractivity contribution < 1.29 is 0 Å². The zero-order chi connectivity index (χ0) is 19.9. The molecule has 30 heavy (non-hydrogen) atoms. The van der Waals surface area contributed by atoms with Gasteiger partial charge < -0.3 is 0 Å². The van der Waals surface area contributed by atoms with E-state index in [1.807, 2.05) is 0 Å². The number of rotatable bonds is 2. The van der Waals surface area contributed by atoms with Crippen LogP contribution in [0.2, 0.25) is 0 Å². The van der Waals surface area contributed by atoms with Gasteiger partial charge >= 0.3 is 0 Å². The monoisotopic (exact) mass is 382 g/mol. The van der Waals surface area contributed by atoms with Crippen LogP contribution in [0, 0.1) is 0 Å². The molecule has 0 atom stereocenters. The third-order valence-electron chi connectivity index (χ3n) is 6.25. The third kappa shape index (κ3) is 2.69. The first-order valence-corrected chi connectivity index (χ1v) is 10.7. The molecule has 0 fully saturated rings. The molecule has 142 valence electrons. The SMILES string of the molecule is C1=CC(c2c3ccccc3c(-c3ccc4ccccc4c3)c3ccccc23)=CCC1. The summed E-state index contributed by atoms with van der Waals surface area (Å²) in [6.07, 6.45) is 9.24. The summed E-state index contributed by atoms with van der Waals surface area (Å²) in [5, 5.41) is 7.87.